The number of aromatic nitrogens is 5. The zero-order valence-electron chi connectivity index (χ0n) is 30.5. The van der Waals surface area contributed by atoms with Crippen LogP contribution in [0.2, 0.25) is 0 Å². The van der Waals surface area contributed by atoms with Gasteiger partial charge in [-0.05, 0) is 53.1 Å². The summed E-state index contributed by atoms with van der Waals surface area (Å²) >= 11 is 0. The third kappa shape index (κ3) is 5.99. The lowest BCUT2D eigenvalue weighted by Gasteiger charge is -2.47. The van der Waals surface area contributed by atoms with Crippen molar-refractivity contribution in [2.75, 3.05) is 6.61 Å². The van der Waals surface area contributed by atoms with Crippen molar-refractivity contribution in [3.8, 4) is 0 Å². The first-order chi connectivity index (χ1) is 27.2. The zero-order valence-corrected chi connectivity index (χ0v) is 30.5. The van der Waals surface area contributed by atoms with Gasteiger partial charge in [0.15, 0.2) is 5.82 Å². The number of para-hydroxylation sites is 1. The molecule has 8 heteroatoms. The van der Waals surface area contributed by atoms with Gasteiger partial charge in [0.1, 0.15) is 11.9 Å². The second-order valence-corrected chi connectivity index (χ2v) is 14.4. The Morgan fingerprint density at radius 1 is 0.836 bits per heavy atom. The van der Waals surface area contributed by atoms with E-state index in [4.69, 9.17) is 19.9 Å². The number of fused-ring (bicyclic) bond motifs is 1. The van der Waals surface area contributed by atoms with Crippen molar-refractivity contribution >= 4 is 22.9 Å². The monoisotopic (exact) mass is 722 g/mol. The SMILES string of the molecule is O=CNCc1cccc(C2(C3CCCCO3)C=C(c3ncn(C(c4ccccc4)(c4ccccc4)c4ccccc4)n3)C=CC2c2[nH]nc3ccccc23)c1. The minimum atomic E-state index is -0.797. The summed E-state index contributed by atoms with van der Waals surface area (Å²) in [5.74, 6) is 0.468. The van der Waals surface area contributed by atoms with E-state index in [1.165, 1.54) is 0 Å². The molecule has 1 aliphatic carbocycles. The summed E-state index contributed by atoms with van der Waals surface area (Å²) in [4.78, 5) is 16.5. The normalized spacial score (nSPS) is 19.9. The molecule has 0 radical (unpaired) electrons. The second-order valence-electron chi connectivity index (χ2n) is 14.4. The average Bonchev–Trinajstić information content (AvgIpc) is 3.93. The Balaban J connectivity index is 1.27. The molecule has 3 unspecified atom stereocenters. The van der Waals surface area contributed by atoms with E-state index in [9.17, 15) is 4.79 Å². The van der Waals surface area contributed by atoms with E-state index in [0.717, 1.165) is 75.7 Å². The molecule has 1 amide bonds. The fraction of sp³-hybridized carbons (Fsp3) is 0.191. The fourth-order valence-electron chi connectivity index (χ4n) is 8.91. The average molecular weight is 723 g/mol. The molecule has 0 bridgehead atoms. The Morgan fingerprint density at radius 2 is 1.53 bits per heavy atom. The van der Waals surface area contributed by atoms with Gasteiger partial charge in [0.05, 0.1) is 22.7 Å². The first-order valence-corrected chi connectivity index (χ1v) is 19.0. The highest BCUT2D eigenvalue weighted by atomic mass is 16.5. The number of rotatable bonds is 11. The van der Waals surface area contributed by atoms with Crippen molar-refractivity contribution in [3.05, 3.63) is 203 Å². The summed E-state index contributed by atoms with van der Waals surface area (Å²) in [5, 5.41) is 17.6. The van der Waals surface area contributed by atoms with Crippen LogP contribution in [-0.2, 0) is 27.0 Å². The summed E-state index contributed by atoms with van der Waals surface area (Å²) in [6.07, 6.45) is 12.2. The molecule has 9 rings (SSSR count). The largest absolute Gasteiger partial charge is 0.377 e. The van der Waals surface area contributed by atoms with E-state index >= 15 is 0 Å². The lowest BCUT2D eigenvalue weighted by atomic mass is 9.60. The minimum Gasteiger partial charge on any atom is -0.377 e. The van der Waals surface area contributed by atoms with Crippen LogP contribution in [0.1, 0.15) is 64.5 Å². The highest BCUT2D eigenvalue weighted by molar-refractivity contribution is 5.84. The number of carbonyl (C=O) groups is 1. The van der Waals surface area contributed by atoms with Gasteiger partial charge in [-0.25, -0.2) is 9.67 Å². The molecule has 3 heterocycles. The van der Waals surface area contributed by atoms with Crippen LogP contribution in [0.5, 0.6) is 0 Å². The van der Waals surface area contributed by atoms with Gasteiger partial charge < -0.3 is 10.1 Å². The minimum absolute atomic E-state index is 0.151. The molecule has 1 saturated heterocycles. The van der Waals surface area contributed by atoms with Crippen molar-refractivity contribution in [1.29, 1.82) is 0 Å². The van der Waals surface area contributed by atoms with Crippen LogP contribution in [-0.4, -0.2) is 44.1 Å². The van der Waals surface area contributed by atoms with Crippen LogP contribution in [0.25, 0.3) is 16.5 Å². The van der Waals surface area contributed by atoms with Gasteiger partial charge in [-0.2, -0.15) is 5.10 Å². The molecule has 7 aromatic rings. The van der Waals surface area contributed by atoms with E-state index in [1.54, 1.807) is 0 Å². The van der Waals surface area contributed by atoms with Gasteiger partial charge >= 0.3 is 0 Å². The fourth-order valence-corrected chi connectivity index (χ4v) is 8.91. The number of benzene rings is 5. The number of nitrogens with zero attached hydrogens (tertiary/aromatic N) is 4. The molecular formula is C47H42N6O2. The topological polar surface area (TPSA) is 97.7 Å². The molecule has 5 aromatic carbocycles. The Labute approximate surface area is 320 Å². The van der Waals surface area contributed by atoms with Gasteiger partial charge in [0.25, 0.3) is 0 Å². The number of hydrogen-bond acceptors (Lipinski definition) is 5. The molecule has 2 aliphatic rings. The molecule has 3 atom stereocenters. The van der Waals surface area contributed by atoms with Crippen LogP contribution >= 0.6 is 0 Å². The second kappa shape index (κ2) is 14.8. The van der Waals surface area contributed by atoms with Crippen molar-refractivity contribution in [3.63, 3.8) is 0 Å². The standard InChI is InChI=1S/C47H42N6O2/c54-33-48-31-34-15-14-22-39(29-34)46(43-25-12-13-28-55-43)30-35(26-27-41(46)44-40-23-10-11-24-42(40)50-51-44)45-49-32-53(52-45)47(36-16-4-1-5-17-36,37-18-6-2-7-19-37)38-20-8-3-9-21-38/h1-11,14-24,26-27,29-30,32-33,41,43H,12-13,25,28,31H2,(H,48,54)(H,50,51). The summed E-state index contributed by atoms with van der Waals surface area (Å²) in [6, 6.07) is 48.4. The number of nitrogens with one attached hydrogen (secondary N) is 2. The molecule has 0 spiro atoms. The summed E-state index contributed by atoms with van der Waals surface area (Å²) in [7, 11) is 0. The van der Waals surface area contributed by atoms with Crippen molar-refractivity contribution in [2.24, 2.45) is 0 Å². The van der Waals surface area contributed by atoms with E-state index in [-0.39, 0.29) is 12.0 Å². The quantitative estimate of drug-likeness (QED) is 0.103. The van der Waals surface area contributed by atoms with E-state index in [2.05, 4.69) is 138 Å². The highest BCUT2D eigenvalue weighted by Crippen LogP contribution is 2.52. The van der Waals surface area contributed by atoms with Crippen molar-refractivity contribution < 1.29 is 9.53 Å². The molecule has 1 aliphatic heterocycles. The smallest absolute Gasteiger partial charge is 0.207 e. The Bertz CT molecular complexity index is 2370. The number of allylic oxidation sites excluding steroid dienone is 3. The van der Waals surface area contributed by atoms with Gasteiger partial charge in [-0.1, -0.05) is 152 Å². The molecule has 2 N–H and O–H groups in total. The van der Waals surface area contributed by atoms with E-state index in [0.29, 0.717) is 19.0 Å². The molecule has 55 heavy (non-hydrogen) atoms. The Kier molecular flexibility index (Phi) is 9.26. The van der Waals surface area contributed by atoms with Crippen LogP contribution in [0.15, 0.2) is 164 Å². The predicted molar refractivity (Wildman–Crippen MR) is 215 cm³/mol. The Morgan fingerprint density at radius 3 is 2.20 bits per heavy atom. The van der Waals surface area contributed by atoms with Crippen LogP contribution in [0.3, 0.4) is 0 Å². The maximum absolute atomic E-state index is 11.4. The Hall–Kier alpha value is -6.38. The number of hydrogen-bond donors (Lipinski definition) is 2. The third-order valence-electron chi connectivity index (χ3n) is 11.4. The molecule has 2 aromatic heterocycles. The van der Waals surface area contributed by atoms with Crippen LogP contribution in [0.4, 0.5) is 0 Å². The summed E-state index contributed by atoms with van der Waals surface area (Å²) in [5.41, 5.74) is 6.74. The summed E-state index contributed by atoms with van der Waals surface area (Å²) < 4.78 is 8.85. The first kappa shape index (κ1) is 34.4. The summed E-state index contributed by atoms with van der Waals surface area (Å²) in [6.45, 7) is 1.11. The maximum atomic E-state index is 11.4. The molecule has 1 fully saturated rings. The highest BCUT2D eigenvalue weighted by Gasteiger charge is 2.49. The lowest BCUT2D eigenvalue weighted by molar-refractivity contribution is -0.109. The number of amides is 1. The molecule has 272 valence electrons. The van der Waals surface area contributed by atoms with Gasteiger partial charge in [-0.3, -0.25) is 9.89 Å². The van der Waals surface area contributed by atoms with Crippen molar-refractivity contribution in [1.82, 2.24) is 30.3 Å². The van der Waals surface area contributed by atoms with Crippen LogP contribution < -0.4 is 5.32 Å². The van der Waals surface area contributed by atoms with Crippen molar-refractivity contribution in [2.45, 2.75) is 48.8 Å². The van der Waals surface area contributed by atoms with Gasteiger partial charge in [0.2, 0.25) is 6.41 Å². The van der Waals surface area contributed by atoms with Gasteiger partial charge in [0, 0.05) is 30.0 Å². The molecule has 0 saturated carbocycles. The lowest BCUT2D eigenvalue weighted by Crippen LogP contribution is -2.47. The zero-order chi connectivity index (χ0) is 37.1. The number of H-pyrrole nitrogens is 1. The predicted octanol–water partition coefficient (Wildman–Crippen LogP) is 8.48. The number of ether oxygens (including phenoxy) is 1. The van der Waals surface area contributed by atoms with Crippen LogP contribution in [0, 0.1) is 0 Å². The van der Waals surface area contributed by atoms with Gasteiger partial charge in [-0.15, -0.1) is 5.10 Å². The third-order valence-corrected chi connectivity index (χ3v) is 11.4. The van der Waals surface area contributed by atoms with E-state index < -0.39 is 11.0 Å². The number of aromatic amines is 1. The number of carbonyl (C=O) groups excluding carboxylic acids is 1. The van der Waals surface area contributed by atoms with E-state index in [1.807, 2.05) is 41.3 Å². The molecule has 8 nitrogen and oxygen atoms in total. The maximum Gasteiger partial charge on any atom is 0.207 e. The first-order valence-electron chi connectivity index (χ1n) is 19.0. The molecular weight excluding hydrogens is 681 g/mol.